The first kappa shape index (κ1) is 21.7. The van der Waals surface area contributed by atoms with E-state index in [1.165, 1.54) is 17.0 Å². The summed E-state index contributed by atoms with van der Waals surface area (Å²) in [6, 6.07) is 15.5. The number of benzene rings is 2. The van der Waals surface area contributed by atoms with Crippen LogP contribution in [0, 0.1) is 11.8 Å². The maximum Gasteiger partial charge on any atom is 0.338 e. The lowest BCUT2D eigenvalue weighted by Gasteiger charge is -2.19. The predicted molar refractivity (Wildman–Crippen MR) is 118 cm³/mol. The molecule has 1 aliphatic heterocycles. The zero-order valence-corrected chi connectivity index (χ0v) is 18.0. The minimum absolute atomic E-state index is 0.182. The number of nitrogens with zero attached hydrogens (tertiary/aromatic N) is 1. The van der Waals surface area contributed by atoms with Crippen molar-refractivity contribution in [3.63, 3.8) is 0 Å². The highest BCUT2D eigenvalue weighted by Gasteiger charge is 2.48. The van der Waals surface area contributed by atoms with Gasteiger partial charge in [-0.15, -0.1) is 0 Å². The van der Waals surface area contributed by atoms with E-state index in [2.05, 4.69) is 5.32 Å². The normalized spacial score (nSPS) is 21.1. The summed E-state index contributed by atoms with van der Waals surface area (Å²) in [6.07, 6.45) is 3.35. The molecule has 0 radical (unpaired) electrons. The van der Waals surface area contributed by atoms with Crippen LogP contribution in [-0.4, -0.2) is 30.3 Å². The van der Waals surface area contributed by atoms with Gasteiger partial charge in [0, 0.05) is 0 Å². The molecular weight excluding hydrogens is 408 g/mol. The van der Waals surface area contributed by atoms with Gasteiger partial charge in [0.05, 0.1) is 29.1 Å². The minimum Gasteiger partial charge on any atom is -0.452 e. The lowest BCUT2D eigenvalue weighted by Crippen LogP contribution is -2.31. The summed E-state index contributed by atoms with van der Waals surface area (Å²) in [6.45, 7) is 1.42. The van der Waals surface area contributed by atoms with Crippen molar-refractivity contribution in [1.29, 1.82) is 0 Å². The van der Waals surface area contributed by atoms with Gasteiger partial charge in [-0.1, -0.05) is 49.2 Å². The van der Waals surface area contributed by atoms with E-state index >= 15 is 0 Å². The number of carbonyl (C=O) groups excluding carboxylic acids is 4. The number of fused-ring (bicyclic) bond motifs is 1. The molecule has 2 aromatic carbocycles. The Morgan fingerprint density at radius 2 is 1.66 bits per heavy atom. The van der Waals surface area contributed by atoms with E-state index in [0.717, 1.165) is 31.2 Å². The second-order valence-electron chi connectivity index (χ2n) is 8.34. The Balaban J connectivity index is 1.38. The summed E-state index contributed by atoms with van der Waals surface area (Å²) in [5, 5.41) is 2.79. The fourth-order valence-corrected chi connectivity index (χ4v) is 4.51. The average molecular weight is 434 g/mol. The van der Waals surface area contributed by atoms with Crippen LogP contribution in [0.15, 0.2) is 54.6 Å². The van der Waals surface area contributed by atoms with Gasteiger partial charge >= 0.3 is 5.97 Å². The molecule has 0 aromatic heterocycles. The van der Waals surface area contributed by atoms with Crippen LogP contribution < -0.4 is 10.2 Å². The number of imide groups is 1. The van der Waals surface area contributed by atoms with Gasteiger partial charge in [0.15, 0.2) is 6.61 Å². The Kier molecular flexibility index (Phi) is 6.35. The van der Waals surface area contributed by atoms with Crippen LogP contribution in [0.1, 0.15) is 54.6 Å². The molecule has 2 fully saturated rings. The first-order chi connectivity index (χ1) is 15.5. The predicted octanol–water partition coefficient (Wildman–Crippen LogP) is 3.40. The number of rotatable bonds is 6. The van der Waals surface area contributed by atoms with Crippen molar-refractivity contribution in [3.05, 3.63) is 65.7 Å². The second kappa shape index (κ2) is 9.34. The fraction of sp³-hybridized carbons (Fsp3) is 0.360. The number of ether oxygens (including phenoxy) is 1. The van der Waals surface area contributed by atoms with E-state index in [1.54, 1.807) is 12.1 Å². The molecule has 1 saturated carbocycles. The monoisotopic (exact) mass is 434 g/mol. The Morgan fingerprint density at radius 3 is 2.31 bits per heavy atom. The lowest BCUT2D eigenvalue weighted by atomic mass is 9.81. The van der Waals surface area contributed by atoms with Crippen molar-refractivity contribution >= 4 is 29.4 Å². The highest BCUT2D eigenvalue weighted by molar-refractivity contribution is 6.22. The zero-order valence-electron chi connectivity index (χ0n) is 18.0. The molecule has 1 N–H and O–H groups in total. The molecule has 0 spiro atoms. The van der Waals surface area contributed by atoms with E-state index in [-0.39, 0.29) is 35.3 Å². The lowest BCUT2D eigenvalue weighted by molar-refractivity contribution is -0.125. The Hall–Kier alpha value is -3.48. The highest BCUT2D eigenvalue weighted by Crippen LogP contribution is 2.40. The zero-order chi connectivity index (χ0) is 22.7. The fourth-order valence-electron chi connectivity index (χ4n) is 4.51. The van der Waals surface area contributed by atoms with Gasteiger partial charge in [-0.25, -0.2) is 4.79 Å². The van der Waals surface area contributed by atoms with Crippen LogP contribution in [0.5, 0.6) is 0 Å². The molecule has 1 aliphatic carbocycles. The minimum atomic E-state index is -0.689. The summed E-state index contributed by atoms with van der Waals surface area (Å²) in [7, 11) is 0. The molecule has 1 saturated heterocycles. The van der Waals surface area contributed by atoms with Crippen molar-refractivity contribution in [2.24, 2.45) is 11.8 Å². The molecule has 7 nitrogen and oxygen atoms in total. The molecule has 1 heterocycles. The maximum atomic E-state index is 12.8. The van der Waals surface area contributed by atoms with Crippen LogP contribution in [0.2, 0.25) is 0 Å². The standard InChI is InChI=1S/C25H26N2O5/c1-16(17-8-3-2-4-9-17)26-22(28)15-32-25(31)18-10-7-11-19(14-18)27-23(29)20-12-5-6-13-21(20)24(27)30/h2-4,7-11,14,16,20-21H,5-6,12-13,15H2,1H3,(H,26,28)/t16-,20-,21-/m0/s1. The Labute approximate surface area is 186 Å². The van der Waals surface area contributed by atoms with Crippen LogP contribution >= 0.6 is 0 Å². The molecule has 32 heavy (non-hydrogen) atoms. The van der Waals surface area contributed by atoms with E-state index in [4.69, 9.17) is 4.74 Å². The quantitative estimate of drug-likeness (QED) is 0.556. The van der Waals surface area contributed by atoms with Gasteiger partial charge in [-0.3, -0.25) is 19.3 Å². The number of hydrogen-bond acceptors (Lipinski definition) is 5. The van der Waals surface area contributed by atoms with Gasteiger partial charge in [-0.2, -0.15) is 0 Å². The summed E-state index contributed by atoms with van der Waals surface area (Å²) < 4.78 is 5.15. The number of carbonyl (C=O) groups is 4. The van der Waals surface area contributed by atoms with Gasteiger partial charge in [0.25, 0.3) is 5.91 Å². The van der Waals surface area contributed by atoms with Crippen molar-refractivity contribution < 1.29 is 23.9 Å². The number of anilines is 1. The smallest absolute Gasteiger partial charge is 0.338 e. The molecule has 2 aromatic rings. The van der Waals surface area contributed by atoms with Crippen molar-refractivity contribution in [3.8, 4) is 0 Å². The van der Waals surface area contributed by atoms with Crippen LogP contribution in [-0.2, 0) is 19.1 Å². The third-order valence-corrected chi connectivity index (χ3v) is 6.19. The molecule has 2 aliphatic rings. The van der Waals surface area contributed by atoms with E-state index in [1.807, 2.05) is 37.3 Å². The first-order valence-electron chi connectivity index (χ1n) is 10.9. The molecular formula is C25H26N2O5. The largest absolute Gasteiger partial charge is 0.452 e. The Morgan fingerprint density at radius 1 is 1.00 bits per heavy atom. The molecule has 166 valence electrons. The summed E-state index contributed by atoms with van der Waals surface area (Å²) in [5.74, 6) is -2.02. The summed E-state index contributed by atoms with van der Waals surface area (Å²) in [5.41, 5.74) is 1.49. The topological polar surface area (TPSA) is 92.8 Å². The van der Waals surface area contributed by atoms with Gasteiger partial charge in [-0.05, 0) is 43.5 Å². The molecule has 7 heteroatoms. The summed E-state index contributed by atoms with van der Waals surface area (Å²) >= 11 is 0. The van der Waals surface area contributed by atoms with Gasteiger partial charge in [0.1, 0.15) is 0 Å². The van der Waals surface area contributed by atoms with Crippen LogP contribution in [0.25, 0.3) is 0 Å². The van der Waals surface area contributed by atoms with E-state index in [9.17, 15) is 19.2 Å². The number of nitrogens with one attached hydrogen (secondary N) is 1. The average Bonchev–Trinajstić information content (AvgIpc) is 3.08. The van der Waals surface area contributed by atoms with Crippen LogP contribution in [0.4, 0.5) is 5.69 Å². The number of esters is 1. The molecule has 3 atom stereocenters. The number of amides is 3. The molecule has 3 amide bonds. The molecule has 0 bridgehead atoms. The van der Waals surface area contributed by atoms with Crippen LogP contribution in [0.3, 0.4) is 0 Å². The second-order valence-corrected chi connectivity index (χ2v) is 8.34. The molecule has 4 rings (SSSR count). The first-order valence-corrected chi connectivity index (χ1v) is 10.9. The number of hydrogen-bond donors (Lipinski definition) is 1. The van der Waals surface area contributed by atoms with Crippen molar-refractivity contribution in [2.45, 2.75) is 38.6 Å². The third kappa shape index (κ3) is 4.42. The third-order valence-electron chi connectivity index (χ3n) is 6.19. The highest BCUT2D eigenvalue weighted by atomic mass is 16.5. The van der Waals surface area contributed by atoms with E-state index < -0.39 is 18.5 Å². The maximum absolute atomic E-state index is 12.8. The Bertz CT molecular complexity index is 1010. The van der Waals surface area contributed by atoms with Crippen molar-refractivity contribution in [1.82, 2.24) is 5.32 Å². The van der Waals surface area contributed by atoms with E-state index in [0.29, 0.717) is 5.69 Å². The SMILES string of the molecule is C[C@H](NC(=O)COC(=O)c1cccc(N2C(=O)[C@H]3CCCC[C@@H]3C2=O)c1)c1ccccc1. The van der Waals surface area contributed by atoms with Gasteiger partial charge in [0.2, 0.25) is 11.8 Å². The van der Waals surface area contributed by atoms with Crippen molar-refractivity contribution in [2.75, 3.05) is 11.5 Å². The summed E-state index contributed by atoms with van der Waals surface area (Å²) in [4.78, 5) is 51.5. The molecule has 0 unspecified atom stereocenters. The van der Waals surface area contributed by atoms with Gasteiger partial charge < -0.3 is 10.1 Å².